The molecule has 2 saturated heterocycles. The van der Waals surface area contributed by atoms with Crippen LogP contribution in [-0.2, 0) is 19.1 Å². The number of rotatable bonds is 6. The number of nitrogens with zero attached hydrogens (tertiary/aromatic N) is 2. The molecule has 0 radical (unpaired) electrons. The summed E-state index contributed by atoms with van der Waals surface area (Å²) >= 11 is 0. The minimum absolute atomic E-state index is 0.0107. The van der Waals surface area contributed by atoms with Crippen LogP contribution in [0, 0.1) is 34.5 Å². The van der Waals surface area contributed by atoms with Gasteiger partial charge in [0.25, 0.3) is 0 Å². The highest BCUT2D eigenvalue weighted by molar-refractivity contribution is 5.66. The smallest absolute Gasteiger partial charge is 0.303 e. The van der Waals surface area contributed by atoms with Gasteiger partial charge in [-0.25, -0.2) is 0 Å². The second-order valence-corrected chi connectivity index (χ2v) is 15.3. The quantitative estimate of drug-likeness (QED) is 0.238. The van der Waals surface area contributed by atoms with Crippen molar-refractivity contribution in [2.75, 3.05) is 32.7 Å². The molecule has 40 heavy (non-hydrogen) atoms. The van der Waals surface area contributed by atoms with Crippen molar-refractivity contribution in [1.29, 1.82) is 0 Å². The van der Waals surface area contributed by atoms with E-state index in [4.69, 9.17) is 9.47 Å². The molecule has 224 valence electrons. The van der Waals surface area contributed by atoms with E-state index in [1.807, 2.05) is 0 Å². The molecular weight excluding hydrogens is 500 g/mol. The molecule has 0 aromatic rings. The Morgan fingerprint density at radius 1 is 0.925 bits per heavy atom. The van der Waals surface area contributed by atoms with Gasteiger partial charge in [-0.3, -0.25) is 14.5 Å². The minimum atomic E-state index is -0.119. The van der Waals surface area contributed by atoms with E-state index in [1.54, 1.807) is 13.8 Å². The zero-order valence-electron chi connectivity index (χ0n) is 25.7. The molecule has 6 unspecified atom stereocenters. The van der Waals surface area contributed by atoms with Crippen LogP contribution in [0.5, 0.6) is 0 Å². The molecule has 0 amide bonds. The van der Waals surface area contributed by atoms with Gasteiger partial charge in [0, 0.05) is 44.6 Å². The average Bonchev–Trinajstić information content (AvgIpc) is 3.64. The van der Waals surface area contributed by atoms with Gasteiger partial charge in [0.15, 0.2) is 6.10 Å². The zero-order valence-corrected chi connectivity index (χ0v) is 25.7. The van der Waals surface area contributed by atoms with Crippen LogP contribution in [0.25, 0.3) is 0 Å². The summed E-state index contributed by atoms with van der Waals surface area (Å²) in [4.78, 5) is 27.3. The maximum Gasteiger partial charge on any atom is 0.303 e. The first-order valence-electron chi connectivity index (χ1n) is 16.7. The van der Waals surface area contributed by atoms with Crippen LogP contribution in [-0.4, -0.2) is 78.3 Å². The van der Waals surface area contributed by atoms with Crippen LogP contribution in [0.15, 0.2) is 12.7 Å². The van der Waals surface area contributed by atoms with Gasteiger partial charge < -0.3 is 14.0 Å². The lowest BCUT2D eigenvalue weighted by atomic mass is 9.44. The van der Waals surface area contributed by atoms with Gasteiger partial charge in [0.2, 0.25) is 0 Å². The highest BCUT2D eigenvalue weighted by Crippen LogP contribution is 2.68. The Morgan fingerprint density at radius 3 is 2.27 bits per heavy atom. The summed E-state index contributed by atoms with van der Waals surface area (Å²) in [5.74, 6) is 2.40. The molecule has 6 rings (SSSR count). The lowest BCUT2D eigenvalue weighted by Crippen LogP contribution is -2.61. The van der Waals surface area contributed by atoms with Gasteiger partial charge in [-0.1, -0.05) is 20.4 Å². The number of carbonyl (C=O) groups excluding carboxylic acids is 2. The summed E-state index contributed by atoms with van der Waals surface area (Å²) in [6.45, 7) is 18.1. The SMILES string of the molecule is C=CC[N+]1(C2CC3C4CCC5C[C@H](OC(C)=O)C(N6CCCC6)C[C@]5(C)C4CC[C@]3(C)[C@H]2OC(C)=O)CCCC1. The Hall–Kier alpha value is -1.40. The number of ether oxygens (including phenoxy) is 2. The summed E-state index contributed by atoms with van der Waals surface area (Å²) in [6, 6.07) is 0.747. The molecule has 6 fully saturated rings. The van der Waals surface area contributed by atoms with Crippen LogP contribution in [0.2, 0.25) is 0 Å². The monoisotopic (exact) mass is 555 g/mol. The van der Waals surface area contributed by atoms with Crippen molar-refractivity contribution >= 4 is 11.9 Å². The van der Waals surface area contributed by atoms with E-state index in [0.29, 0.717) is 35.8 Å². The molecule has 10 atom stereocenters. The van der Waals surface area contributed by atoms with Crippen molar-refractivity contribution in [2.24, 2.45) is 34.5 Å². The first-order valence-corrected chi connectivity index (χ1v) is 16.7. The average molecular weight is 556 g/mol. The van der Waals surface area contributed by atoms with E-state index in [9.17, 15) is 9.59 Å². The Bertz CT molecular complexity index is 986. The topological polar surface area (TPSA) is 55.8 Å². The lowest BCUT2D eigenvalue weighted by Gasteiger charge is -2.62. The van der Waals surface area contributed by atoms with Crippen LogP contribution in [0.3, 0.4) is 0 Å². The van der Waals surface area contributed by atoms with E-state index >= 15 is 0 Å². The molecule has 2 heterocycles. The second kappa shape index (κ2) is 10.7. The van der Waals surface area contributed by atoms with Crippen LogP contribution in [0.4, 0.5) is 0 Å². The fourth-order valence-electron chi connectivity index (χ4n) is 11.8. The Labute approximate surface area is 242 Å². The number of carbonyl (C=O) groups is 2. The highest BCUT2D eigenvalue weighted by atomic mass is 16.5. The van der Waals surface area contributed by atoms with E-state index < -0.39 is 0 Å². The van der Waals surface area contributed by atoms with Gasteiger partial charge in [0.05, 0.1) is 19.6 Å². The van der Waals surface area contributed by atoms with Gasteiger partial charge >= 0.3 is 11.9 Å². The lowest BCUT2D eigenvalue weighted by molar-refractivity contribution is -0.937. The van der Waals surface area contributed by atoms with E-state index in [2.05, 4.69) is 31.4 Å². The summed E-state index contributed by atoms with van der Waals surface area (Å²) in [5.41, 5.74) is 0.337. The Morgan fingerprint density at radius 2 is 1.62 bits per heavy atom. The summed E-state index contributed by atoms with van der Waals surface area (Å²) in [7, 11) is 0. The molecule has 0 aromatic carbocycles. The van der Waals surface area contributed by atoms with Gasteiger partial charge in [-0.15, -0.1) is 0 Å². The van der Waals surface area contributed by atoms with Crippen LogP contribution < -0.4 is 0 Å². The second-order valence-electron chi connectivity index (χ2n) is 15.3. The van der Waals surface area contributed by atoms with Crippen molar-refractivity contribution in [3.05, 3.63) is 12.7 Å². The first kappa shape index (κ1) is 28.7. The maximum atomic E-state index is 12.5. The van der Waals surface area contributed by atoms with Crippen molar-refractivity contribution in [3.63, 3.8) is 0 Å². The zero-order chi connectivity index (χ0) is 28.3. The molecule has 0 bridgehead atoms. The van der Waals surface area contributed by atoms with E-state index in [0.717, 1.165) is 43.4 Å². The number of esters is 2. The van der Waals surface area contributed by atoms with Crippen molar-refractivity contribution in [3.8, 4) is 0 Å². The van der Waals surface area contributed by atoms with Crippen LogP contribution in [0.1, 0.15) is 98.3 Å². The Kier molecular flexibility index (Phi) is 7.68. The molecule has 6 heteroatoms. The minimum Gasteiger partial charge on any atom is -0.461 e. The molecule has 6 nitrogen and oxygen atoms in total. The third kappa shape index (κ3) is 4.58. The first-order chi connectivity index (χ1) is 19.1. The van der Waals surface area contributed by atoms with Gasteiger partial charge in [-0.2, -0.15) is 0 Å². The molecule has 0 spiro atoms. The Balaban J connectivity index is 1.31. The summed E-state index contributed by atoms with van der Waals surface area (Å²) in [5, 5.41) is 0. The third-order valence-corrected chi connectivity index (χ3v) is 13.5. The predicted molar refractivity (Wildman–Crippen MR) is 156 cm³/mol. The van der Waals surface area contributed by atoms with Crippen LogP contribution >= 0.6 is 0 Å². The molecule has 4 aliphatic carbocycles. The molecular formula is C34H55N2O4+. The summed E-state index contributed by atoms with van der Waals surface area (Å²) in [6.07, 6.45) is 15.5. The fraction of sp³-hybridized carbons (Fsp3) is 0.882. The van der Waals surface area contributed by atoms with E-state index in [1.165, 1.54) is 64.5 Å². The standard InChI is InChI=1S/C34H55N2O4/c1-6-17-36(18-9-10-19-36)30-21-28-26-12-11-25-20-31(39-23(2)37)29(35-15-7-8-16-35)22-34(25,5)27(26)13-14-33(28,4)32(30)40-24(3)38/h6,25-32H,1,7-22H2,2-5H3/q+1/t25?,26?,27?,28?,29?,30?,31-,32-,33-,34-/m0/s1. The fourth-order valence-corrected chi connectivity index (χ4v) is 11.8. The number of hydrogen-bond acceptors (Lipinski definition) is 5. The normalized spacial score (nSPS) is 46.2. The van der Waals surface area contributed by atoms with Crippen molar-refractivity contribution in [1.82, 2.24) is 4.90 Å². The largest absolute Gasteiger partial charge is 0.461 e. The molecule has 0 N–H and O–H groups in total. The number of hydrogen-bond donors (Lipinski definition) is 0. The van der Waals surface area contributed by atoms with Crippen molar-refractivity contribution < 1.29 is 23.5 Å². The number of likely N-dealkylation sites (tertiary alicyclic amines) is 2. The molecule has 0 aromatic heterocycles. The highest BCUT2D eigenvalue weighted by Gasteiger charge is 2.67. The van der Waals surface area contributed by atoms with Gasteiger partial charge in [0.1, 0.15) is 12.1 Å². The maximum absolute atomic E-state index is 12.5. The number of fused-ring (bicyclic) bond motifs is 5. The van der Waals surface area contributed by atoms with E-state index in [-0.39, 0.29) is 35.0 Å². The van der Waals surface area contributed by atoms with Gasteiger partial charge in [-0.05, 0) is 99.6 Å². The predicted octanol–water partition coefficient (Wildman–Crippen LogP) is 5.74. The summed E-state index contributed by atoms with van der Waals surface area (Å²) < 4.78 is 13.5. The third-order valence-electron chi connectivity index (χ3n) is 13.5. The number of quaternary nitrogens is 1. The molecule has 4 saturated carbocycles. The molecule has 6 aliphatic rings. The van der Waals surface area contributed by atoms with Crippen molar-refractivity contribution in [2.45, 2.75) is 123 Å². The molecule has 2 aliphatic heterocycles.